The van der Waals surface area contributed by atoms with Gasteiger partial charge in [0.15, 0.2) is 0 Å². The molecule has 3 rings (SSSR count). The van der Waals surface area contributed by atoms with E-state index in [2.05, 4.69) is 15.4 Å². The van der Waals surface area contributed by atoms with Gasteiger partial charge in [-0.15, -0.1) is 10.2 Å². The lowest BCUT2D eigenvalue weighted by atomic mass is 10.2. The molecule has 1 aromatic carbocycles. The van der Waals surface area contributed by atoms with Crippen LogP contribution in [0.2, 0.25) is 0 Å². The van der Waals surface area contributed by atoms with Gasteiger partial charge in [0.2, 0.25) is 5.82 Å². The van der Waals surface area contributed by atoms with Crippen molar-refractivity contribution in [2.75, 3.05) is 6.61 Å². The summed E-state index contributed by atoms with van der Waals surface area (Å²) in [6.45, 7) is 1.50. The van der Waals surface area contributed by atoms with Crippen molar-refractivity contribution in [3.05, 3.63) is 30.3 Å². The van der Waals surface area contributed by atoms with Crippen LogP contribution in [0.1, 0.15) is 0 Å². The number of ether oxygens (including phenoxy) is 1. The molecule has 0 amide bonds. The molecule has 0 N–H and O–H groups in total. The number of epoxide rings is 1. The van der Waals surface area contributed by atoms with Crippen LogP contribution in [0.25, 0.3) is 11.4 Å². The molecule has 2 aromatic rings. The van der Waals surface area contributed by atoms with Crippen molar-refractivity contribution in [3.63, 3.8) is 0 Å². The molecular weight excluding hydrogens is 192 g/mol. The average molecular weight is 202 g/mol. The van der Waals surface area contributed by atoms with Gasteiger partial charge in [0.05, 0.1) is 13.2 Å². The summed E-state index contributed by atoms with van der Waals surface area (Å²) < 4.78 is 5.10. The standard InChI is InChI=1S/C10H10N4O/c1-2-4-8(5-3-1)10-11-13-14(12-10)6-9-7-15-9/h1-5,9H,6-7H2. The van der Waals surface area contributed by atoms with E-state index in [1.165, 1.54) is 0 Å². The fraction of sp³-hybridized carbons (Fsp3) is 0.300. The number of rotatable bonds is 3. The molecule has 5 heteroatoms. The van der Waals surface area contributed by atoms with Crippen LogP contribution in [0.3, 0.4) is 0 Å². The van der Waals surface area contributed by atoms with E-state index in [-0.39, 0.29) is 6.10 Å². The SMILES string of the molecule is c1ccc(-c2nnn(CC3CO3)n2)cc1. The van der Waals surface area contributed by atoms with Crippen LogP contribution in [0.5, 0.6) is 0 Å². The second-order valence-electron chi connectivity index (χ2n) is 3.49. The topological polar surface area (TPSA) is 56.1 Å². The van der Waals surface area contributed by atoms with Crippen LogP contribution in [-0.2, 0) is 11.3 Å². The monoisotopic (exact) mass is 202 g/mol. The van der Waals surface area contributed by atoms with Crippen molar-refractivity contribution >= 4 is 0 Å². The number of benzene rings is 1. The molecule has 0 saturated carbocycles. The van der Waals surface area contributed by atoms with E-state index in [1.54, 1.807) is 4.80 Å². The molecular formula is C10H10N4O. The van der Waals surface area contributed by atoms with Gasteiger partial charge >= 0.3 is 0 Å². The van der Waals surface area contributed by atoms with E-state index in [0.717, 1.165) is 12.2 Å². The maximum atomic E-state index is 5.10. The third kappa shape index (κ3) is 1.87. The Morgan fingerprint density at radius 1 is 1.33 bits per heavy atom. The summed E-state index contributed by atoms with van der Waals surface area (Å²) in [7, 11) is 0. The van der Waals surface area contributed by atoms with E-state index >= 15 is 0 Å². The highest BCUT2D eigenvalue weighted by Crippen LogP contribution is 2.14. The first kappa shape index (κ1) is 8.55. The third-order valence-corrected chi connectivity index (χ3v) is 2.25. The van der Waals surface area contributed by atoms with Crippen molar-refractivity contribution in [2.45, 2.75) is 12.6 Å². The molecule has 1 fully saturated rings. The summed E-state index contributed by atoms with van der Waals surface area (Å²) in [6, 6.07) is 9.82. The first-order valence-corrected chi connectivity index (χ1v) is 4.86. The van der Waals surface area contributed by atoms with E-state index in [9.17, 15) is 0 Å². The van der Waals surface area contributed by atoms with Gasteiger partial charge in [-0.05, 0) is 5.21 Å². The molecule has 1 aliphatic heterocycles. The predicted molar refractivity (Wildman–Crippen MR) is 53.0 cm³/mol. The molecule has 76 valence electrons. The highest BCUT2D eigenvalue weighted by molar-refractivity contribution is 5.52. The Bertz CT molecular complexity index is 449. The Balaban J connectivity index is 1.83. The summed E-state index contributed by atoms with van der Waals surface area (Å²) in [5.41, 5.74) is 0.987. The van der Waals surface area contributed by atoms with Gasteiger partial charge in [-0.3, -0.25) is 0 Å². The second-order valence-corrected chi connectivity index (χ2v) is 3.49. The Morgan fingerprint density at radius 2 is 2.13 bits per heavy atom. The van der Waals surface area contributed by atoms with Gasteiger partial charge in [0.1, 0.15) is 6.10 Å². The molecule has 0 radical (unpaired) electrons. The molecule has 1 unspecified atom stereocenters. The number of hydrogen-bond donors (Lipinski definition) is 0. The number of tetrazole rings is 1. The summed E-state index contributed by atoms with van der Waals surface area (Å²) in [5, 5.41) is 12.2. The molecule has 1 aromatic heterocycles. The zero-order valence-electron chi connectivity index (χ0n) is 8.08. The highest BCUT2D eigenvalue weighted by atomic mass is 16.6. The average Bonchev–Trinajstić information content (AvgIpc) is 2.96. The number of nitrogens with zero attached hydrogens (tertiary/aromatic N) is 4. The van der Waals surface area contributed by atoms with Crippen LogP contribution in [-0.4, -0.2) is 32.9 Å². The zero-order chi connectivity index (χ0) is 10.1. The molecule has 0 aliphatic carbocycles. The Morgan fingerprint density at radius 3 is 2.87 bits per heavy atom. The minimum Gasteiger partial charge on any atom is -0.371 e. The van der Waals surface area contributed by atoms with Crippen molar-refractivity contribution in [1.29, 1.82) is 0 Å². The summed E-state index contributed by atoms with van der Waals surface area (Å²) in [4.78, 5) is 1.58. The van der Waals surface area contributed by atoms with Gasteiger partial charge in [-0.2, -0.15) is 4.80 Å². The largest absolute Gasteiger partial charge is 0.371 e. The quantitative estimate of drug-likeness (QED) is 0.689. The summed E-state index contributed by atoms with van der Waals surface area (Å²) >= 11 is 0. The van der Waals surface area contributed by atoms with E-state index < -0.39 is 0 Å². The summed E-state index contributed by atoms with van der Waals surface area (Å²) in [5.74, 6) is 0.663. The van der Waals surface area contributed by atoms with Crippen LogP contribution in [0.15, 0.2) is 30.3 Å². The molecule has 15 heavy (non-hydrogen) atoms. The van der Waals surface area contributed by atoms with Crippen molar-refractivity contribution < 1.29 is 4.74 Å². The van der Waals surface area contributed by atoms with E-state index in [4.69, 9.17) is 4.74 Å². The van der Waals surface area contributed by atoms with Gasteiger partial charge in [0.25, 0.3) is 0 Å². The van der Waals surface area contributed by atoms with Gasteiger partial charge in [-0.25, -0.2) is 0 Å². The lowest BCUT2D eigenvalue weighted by Crippen LogP contribution is -2.07. The Hall–Kier alpha value is -1.75. The summed E-state index contributed by atoms with van der Waals surface area (Å²) in [6.07, 6.45) is 0.280. The Kier molecular flexibility index (Phi) is 1.96. The van der Waals surface area contributed by atoms with Gasteiger partial charge < -0.3 is 4.74 Å². The molecule has 1 aliphatic rings. The normalized spacial score (nSPS) is 19.1. The second kappa shape index (κ2) is 3.43. The van der Waals surface area contributed by atoms with Crippen molar-refractivity contribution in [3.8, 4) is 11.4 Å². The maximum absolute atomic E-state index is 5.10. The van der Waals surface area contributed by atoms with Crippen LogP contribution < -0.4 is 0 Å². The fourth-order valence-electron chi connectivity index (χ4n) is 1.38. The molecule has 2 heterocycles. The molecule has 1 saturated heterocycles. The van der Waals surface area contributed by atoms with Gasteiger partial charge in [0, 0.05) is 5.56 Å². The molecule has 1 atom stereocenters. The predicted octanol–water partition coefficient (Wildman–Crippen LogP) is 0.739. The zero-order valence-corrected chi connectivity index (χ0v) is 8.08. The van der Waals surface area contributed by atoms with Gasteiger partial charge in [-0.1, -0.05) is 30.3 Å². The first-order chi connectivity index (χ1) is 7.42. The van der Waals surface area contributed by atoms with Crippen LogP contribution in [0, 0.1) is 0 Å². The fourth-order valence-corrected chi connectivity index (χ4v) is 1.38. The lowest BCUT2D eigenvalue weighted by molar-refractivity contribution is 0.357. The lowest BCUT2D eigenvalue weighted by Gasteiger charge is -1.92. The number of hydrogen-bond acceptors (Lipinski definition) is 4. The first-order valence-electron chi connectivity index (χ1n) is 4.86. The third-order valence-electron chi connectivity index (χ3n) is 2.25. The molecule has 0 spiro atoms. The number of aromatic nitrogens is 4. The van der Waals surface area contributed by atoms with E-state index in [1.807, 2.05) is 30.3 Å². The van der Waals surface area contributed by atoms with Crippen molar-refractivity contribution in [1.82, 2.24) is 20.2 Å². The molecule has 0 bridgehead atoms. The maximum Gasteiger partial charge on any atom is 0.204 e. The van der Waals surface area contributed by atoms with E-state index in [0.29, 0.717) is 12.4 Å². The van der Waals surface area contributed by atoms with Crippen molar-refractivity contribution in [2.24, 2.45) is 0 Å². The minimum atomic E-state index is 0.280. The van der Waals surface area contributed by atoms with Crippen LogP contribution >= 0.6 is 0 Å². The van der Waals surface area contributed by atoms with Crippen LogP contribution in [0.4, 0.5) is 0 Å². The Labute approximate surface area is 86.7 Å². The smallest absolute Gasteiger partial charge is 0.204 e. The molecule has 5 nitrogen and oxygen atoms in total. The minimum absolute atomic E-state index is 0.280. The highest BCUT2D eigenvalue weighted by Gasteiger charge is 2.24.